The number of nitrogens with one attached hydrogen (secondary N) is 1. The Morgan fingerprint density at radius 3 is 2.19 bits per heavy atom. The number of rotatable bonds is 3. The summed E-state index contributed by atoms with van der Waals surface area (Å²) in [5, 5.41) is 3.34. The van der Waals surface area contributed by atoms with Crippen molar-refractivity contribution < 1.29 is 13.2 Å². The van der Waals surface area contributed by atoms with E-state index in [4.69, 9.17) is 0 Å². The van der Waals surface area contributed by atoms with Gasteiger partial charge in [-0.25, -0.2) is 0 Å². The van der Waals surface area contributed by atoms with Crippen LogP contribution >= 0.6 is 40.7 Å². The maximum absolute atomic E-state index is 13.3. The molecule has 2 nitrogen and oxygen atoms in total. The van der Waals surface area contributed by atoms with Gasteiger partial charge in [0.1, 0.15) is 0 Å². The van der Waals surface area contributed by atoms with Crippen LogP contribution in [0.4, 0.5) is 13.2 Å². The molecule has 3 rings (SSSR count). The van der Waals surface area contributed by atoms with Gasteiger partial charge in [0.15, 0.2) is 0 Å². The molecule has 1 aliphatic heterocycles. The number of halogens is 6. The van der Waals surface area contributed by atoms with Crippen LogP contribution in [-0.2, 0) is 6.18 Å². The van der Waals surface area contributed by atoms with Crippen LogP contribution in [0.25, 0.3) is 0 Å². The topological polar surface area (TPSA) is 15.3 Å². The molecular formula is C18H26BrCl2F3N2. The van der Waals surface area contributed by atoms with Gasteiger partial charge in [-0.2, -0.15) is 13.2 Å². The Morgan fingerprint density at radius 2 is 1.62 bits per heavy atom. The van der Waals surface area contributed by atoms with E-state index in [9.17, 15) is 13.2 Å². The second-order valence-corrected chi connectivity index (χ2v) is 7.82. The third kappa shape index (κ3) is 5.99. The molecule has 26 heavy (non-hydrogen) atoms. The number of benzene rings is 1. The highest BCUT2D eigenvalue weighted by molar-refractivity contribution is 9.10. The fourth-order valence-electron chi connectivity index (χ4n) is 4.14. The fraction of sp³-hybridized carbons (Fsp3) is 0.667. The van der Waals surface area contributed by atoms with E-state index in [1.165, 1.54) is 31.4 Å². The number of hydrogen-bond donors (Lipinski definition) is 1. The zero-order chi connectivity index (χ0) is 17.2. The number of nitrogens with zero attached hydrogens (tertiary/aromatic N) is 1. The number of alkyl halides is 3. The maximum Gasteiger partial charge on any atom is 0.416 e. The van der Waals surface area contributed by atoms with Crippen molar-refractivity contribution in [2.24, 2.45) is 5.92 Å². The standard InChI is InChI=1S/C18H24BrF3N2.2ClH/c19-16-11-14(10-15(12-16)18(20,21)22)17(13-4-2-1-3-5-13)24-8-6-23-7-9-24;;/h10-13,17,23H,1-9H2;2*1H/t17-;;/m0../s1. The minimum atomic E-state index is -4.31. The van der Waals surface area contributed by atoms with Crippen molar-refractivity contribution in [2.45, 2.75) is 44.3 Å². The molecule has 1 aromatic carbocycles. The van der Waals surface area contributed by atoms with Gasteiger partial charge in [0, 0.05) is 36.7 Å². The molecule has 1 N–H and O–H groups in total. The lowest BCUT2D eigenvalue weighted by Gasteiger charge is -2.41. The highest BCUT2D eigenvalue weighted by Gasteiger charge is 2.35. The normalized spacial score (nSPS) is 20.8. The summed E-state index contributed by atoms with van der Waals surface area (Å²) in [6.45, 7) is 3.61. The average Bonchev–Trinajstić information content (AvgIpc) is 2.56. The van der Waals surface area contributed by atoms with Gasteiger partial charge in [0.25, 0.3) is 0 Å². The van der Waals surface area contributed by atoms with Crippen molar-refractivity contribution >= 4 is 40.7 Å². The summed E-state index contributed by atoms with van der Waals surface area (Å²) in [4.78, 5) is 2.38. The van der Waals surface area contributed by atoms with Crippen LogP contribution in [0.15, 0.2) is 22.7 Å². The quantitative estimate of drug-likeness (QED) is 0.588. The molecule has 0 radical (unpaired) electrons. The summed E-state index contributed by atoms with van der Waals surface area (Å²) in [5.74, 6) is 0.451. The number of piperazine rings is 1. The van der Waals surface area contributed by atoms with Crippen LogP contribution in [0.3, 0.4) is 0 Å². The number of hydrogen-bond acceptors (Lipinski definition) is 2. The molecule has 1 saturated heterocycles. The van der Waals surface area contributed by atoms with Crippen molar-refractivity contribution in [3.05, 3.63) is 33.8 Å². The van der Waals surface area contributed by atoms with Gasteiger partial charge in [-0.05, 0) is 42.5 Å². The Morgan fingerprint density at radius 1 is 1.00 bits per heavy atom. The summed E-state index contributed by atoms with van der Waals surface area (Å²) >= 11 is 3.29. The van der Waals surface area contributed by atoms with Crippen LogP contribution in [-0.4, -0.2) is 31.1 Å². The molecule has 2 aliphatic rings. The average molecular weight is 478 g/mol. The zero-order valence-corrected chi connectivity index (χ0v) is 17.7. The third-order valence-corrected chi connectivity index (χ3v) is 5.69. The molecule has 1 heterocycles. The van der Waals surface area contributed by atoms with E-state index in [1.54, 1.807) is 0 Å². The molecule has 0 unspecified atom stereocenters. The molecule has 1 atom stereocenters. The van der Waals surface area contributed by atoms with Gasteiger partial charge in [-0.3, -0.25) is 4.90 Å². The summed E-state index contributed by atoms with van der Waals surface area (Å²) in [6, 6.07) is 4.52. The molecule has 1 aromatic rings. The Kier molecular flexibility index (Phi) is 9.71. The Bertz CT molecular complexity index is 542. The first kappa shape index (κ1) is 24.0. The Labute approximate surface area is 174 Å². The first-order valence-electron chi connectivity index (χ1n) is 8.77. The predicted molar refractivity (Wildman–Crippen MR) is 107 cm³/mol. The monoisotopic (exact) mass is 476 g/mol. The van der Waals surface area contributed by atoms with E-state index in [-0.39, 0.29) is 30.9 Å². The highest BCUT2D eigenvalue weighted by Crippen LogP contribution is 2.41. The van der Waals surface area contributed by atoms with Crippen molar-refractivity contribution in [3.8, 4) is 0 Å². The zero-order valence-electron chi connectivity index (χ0n) is 14.5. The van der Waals surface area contributed by atoms with Gasteiger partial charge in [-0.15, -0.1) is 24.8 Å². The van der Waals surface area contributed by atoms with Crippen LogP contribution in [0, 0.1) is 5.92 Å². The minimum Gasteiger partial charge on any atom is -0.314 e. The van der Waals surface area contributed by atoms with E-state index >= 15 is 0 Å². The molecular weight excluding hydrogens is 452 g/mol. The second kappa shape index (κ2) is 10.5. The molecule has 1 aliphatic carbocycles. The lowest BCUT2D eigenvalue weighted by atomic mass is 9.80. The van der Waals surface area contributed by atoms with E-state index in [0.717, 1.165) is 44.6 Å². The van der Waals surface area contributed by atoms with Crippen molar-refractivity contribution in [1.29, 1.82) is 0 Å². The third-order valence-electron chi connectivity index (χ3n) is 5.23. The van der Waals surface area contributed by atoms with Gasteiger partial charge >= 0.3 is 6.18 Å². The Balaban J connectivity index is 0.00000169. The molecule has 150 valence electrons. The lowest BCUT2D eigenvalue weighted by Crippen LogP contribution is -2.47. The Hall–Kier alpha value is -0.0100. The molecule has 0 bridgehead atoms. The molecule has 0 spiro atoms. The van der Waals surface area contributed by atoms with E-state index < -0.39 is 11.7 Å². The summed E-state index contributed by atoms with van der Waals surface area (Å²) in [7, 11) is 0. The van der Waals surface area contributed by atoms with Crippen molar-refractivity contribution in [1.82, 2.24) is 10.2 Å². The fourth-order valence-corrected chi connectivity index (χ4v) is 4.65. The molecule has 0 aromatic heterocycles. The second-order valence-electron chi connectivity index (χ2n) is 6.90. The summed E-state index contributed by atoms with van der Waals surface area (Å²) in [6.07, 6.45) is 1.54. The molecule has 8 heteroatoms. The van der Waals surface area contributed by atoms with Gasteiger partial charge in [0.2, 0.25) is 0 Å². The molecule has 0 amide bonds. The van der Waals surface area contributed by atoms with Gasteiger partial charge < -0.3 is 5.32 Å². The van der Waals surface area contributed by atoms with Gasteiger partial charge in [0.05, 0.1) is 5.56 Å². The summed E-state index contributed by atoms with van der Waals surface area (Å²) in [5.41, 5.74) is 0.258. The minimum absolute atomic E-state index is 0. The van der Waals surface area contributed by atoms with E-state index in [2.05, 4.69) is 26.1 Å². The first-order valence-corrected chi connectivity index (χ1v) is 9.57. The molecule has 1 saturated carbocycles. The SMILES string of the molecule is Cl.Cl.FC(F)(F)c1cc(Br)cc([C@H](C2CCCCC2)N2CCNCC2)c1. The summed E-state index contributed by atoms with van der Waals surface area (Å²) < 4.78 is 40.3. The smallest absolute Gasteiger partial charge is 0.314 e. The first-order chi connectivity index (χ1) is 11.4. The molecule has 2 fully saturated rings. The highest BCUT2D eigenvalue weighted by atomic mass is 79.9. The van der Waals surface area contributed by atoms with Crippen molar-refractivity contribution in [3.63, 3.8) is 0 Å². The predicted octanol–water partition coefficient (Wildman–Crippen LogP) is 5.84. The largest absolute Gasteiger partial charge is 0.416 e. The van der Waals surface area contributed by atoms with E-state index in [0.29, 0.717) is 10.4 Å². The maximum atomic E-state index is 13.3. The van der Waals surface area contributed by atoms with Crippen LogP contribution in [0.2, 0.25) is 0 Å². The van der Waals surface area contributed by atoms with E-state index in [1.807, 2.05) is 6.07 Å². The van der Waals surface area contributed by atoms with Gasteiger partial charge in [-0.1, -0.05) is 35.2 Å². The van der Waals surface area contributed by atoms with Crippen LogP contribution < -0.4 is 5.32 Å². The van der Waals surface area contributed by atoms with Crippen molar-refractivity contribution in [2.75, 3.05) is 26.2 Å². The lowest BCUT2D eigenvalue weighted by molar-refractivity contribution is -0.137. The van der Waals surface area contributed by atoms with Crippen LogP contribution in [0.5, 0.6) is 0 Å². The van der Waals surface area contributed by atoms with Crippen LogP contribution in [0.1, 0.15) is 49.3 Å².